The molecule has 26 heavy (non-hydrogen) atoms. The van der Waals surface area contributed by atoms with Gasteiger partial charge >= 0.3 is 0 Å². The van der Waals surface area contributed by atoms with Gasteiger partial charge in [0.25, 0.3) is 0 Å². The van der Waals surface area contributed by atoms with E-state index in [1.807, 2.05) is 0 Å². The van der Waals surface area contributed by atoms with Crippen LogP contribution in [0, 0.1) is 58.2 Å². The largest absolute Gasteiger partial charge is 0.0649 e. The molecule has 0 spiro atoms. The minimum absolute atomic E-state index is 0.746. The summed E-state index contributed by atoms with van der Waals surface area (Å²) in [6.45, 7) is 9.94. The molecular weight excluding hydrogens is 312 g/mol. The van der Waals surface area contributed by atoms with Crippen molar-refractivity contribution in [1.29, 1.82) is 0 Å². The Morgan fingerprint density at radius 2 is 1.00 bits per heavy atom. The van der Waals surface area contributed by atoms with Gasteiger partial charge in [0.1, 0.15) is 0 Å². The smallest absolute Gasteiger partial charge is 0.0295 e. The maximum atomic E-state index is 2.56. The van der Waals surface area contributed by atoms with Gasteiger partial charge in [-0.05, 0) is 110 Å². The lowest BCUT2D eigenvalue weighted by molar-refractivity contribution is 0.0955. The Labute approximate surface area is 163 Å². The zero-order chi connectivity index (χ0) is 18.1. The summed E-state index contributed by atoms with van der Waals surface area (Å²) in [6.07, 6.45) is 18.6. The number of rotatable bonds is 2. The molecule has 0 heteroatoms. The van der Waals surface area contributed by atoms with Crippen molar-refractivity contribution in [2.75, 3.05) is 0 Å². The van der Waals surface area contributed by atoms with Crippen molar-refractivity contribution < 1.29 is 0 Å². The van der Waals surface area contributed by atoms with Crippen molar-refractivity contribution in [2.24, 2.45) is 58.2 Å². The lowest BCUT2D eigenvalue weighted by atomic mass is 9.65. The Balaban J connectivity index is 0.000000115. The highest BCUT2D eigenvalue weighted by Gasteiger charge is 2.58. The van der Waals surface area contributed by atoms with E-state index in [0.717, 1.165) is 46.3 Å². The topological polar surface area (TPSA) is 0 Å². The van der Waals surface area contributed by atoms with Crippen molar-refractivity contribution in [3.05, 3.63) is 0 Å². The first-order chi connectivity index (χ1) is 12.5. The van der Waals surface area contributed by atoms with Crippen molar-refractivity contribution in [3.63, 3.8) is 0 Å². The average molecular weight is 357 g/mol. The third-order valence-electron chi connectivity index (χ3n) is 11.5. The molecule has 0 radical (unpaired) electrons. The van der Waals surface area contributed by atoms with Gasteiger partial charge in [0.2, 0.25) is 0 Å². The van der Waals surface area contributed by atoms with E-state index in [-0.39, 0.29) is 0 Å². The maximum Gasteiger partial charge on any atom is -0.0295 e. The van der Waals surface area contributed by atoms with Crippen LogP contribution in [-0.4, -0.2) is 0 Å². The van der Waals surface area contributed by atoms with Crippen molar-refractivity contribution in [3.8, 4) is 0 Å². The summed E-state index contributed by atoms with van der Waals surface area (Å²) >= 11 is 0. The molecule has 0 aromatic heterocycles. The van der Waals surface area contributed by atoms with E-state index in [0.29, 0.717) is 0 Å². The molecule has 0 aromatic rings. The summed E-state index contributed by atoms with van der Waals surface area (Å²) < 4.78 is 0. The van der Waals surface area contributed by atoms with E-state index in [2.05, 4.69) is 27.7 Å². The van der Waals surface area contributed by atoms with Crippen LogP contribution in [0.1, 0.15) is 105 Å². The highest BCUT2D eigenvalue weighted by molar-refractivity contribution is 5.08. The minimum atomic E-state index is 0.746. The summed E-state index contributed by atoms with van der Waals surface area (Å²) in [5.41, 5.74) is 1.49. The second-order valence-electron chi connectivity index (χ2n) is 12.1. The van der Waals surface area contributed by atoms with Gasteiger partial charge in [0, 0.05) is 0 Å². The molecule has 0 saturated heterocycles. The number of fused-ring (bicyclic) bond motifs is 10. The third kappa shape index (κ3) is 2.45. The Morgan fingerprint density at radius 3 is 1.38 bits per heavy atom. The number of hydrogen-bond acceptors (Lipinski definition) is 0. The molecule has 6 aliphatic carbocycles. The van der Waals surface area contributed by atoms with Crippen molar-refractivity contribution >= 4 is 0 Å². The van der Waals surface area contributed by atoms with Gasteiger partial charge in [0.05, 0.1) is 0 Å². The predicted octanol–water partition coefficient (Wildman–Crippen LogP) is 7.72. The lowest BCUT2D eigenvalue weighted by Crippen LogP contribution is -2.32. The summed E-state index contributed by atoms with van der Waals surface area (Å²) in [7, 11) is 0. The highest BCUT2D eigenvalue weighted by atomic mass is 14.6. The summed E-state index contributed by atoms with van der Waals surface area (Å²) in [5.74, 6) is 9.18. The fraction of sp³-hybridized carbons (Fsp3) is 1.00. The monoisotopic (exact) mass is 356 g/mol. The molecule has 0 heterocycles. The Bertz CT molecular complexity index is 488. The first-order valence-electron chi connectivity index (χ1n) is 12.5. The van der Waals surface area contributed by atoms with Crippen LogP contribution in [0.5, 0.6) is 0 Å². The van der Waals surface area contributed by atoms with Gasteiger partial charge < -0.3 is 0 Å². The zero-order valence-corrected chi connectivity index (χ0v) is 18.1. The number of hydrogen-bond donors (Lipinski definition) is 0. The van der Waals surface area contributed by atoms with E-state index in [4.69, 9.17) is 0 Å². The second-order valence-corrected chi connectivity index (χ2v) is 12.1. The third-order valence-corrected chi connectivity index (χ3v) is 11.5. The van der Waals surface area contributed by atoms with Gasteiger partial charge in [-0.1, -0.05) is 53.4 Å². The molecule has 0 aromatic carbocycles. The molecule has 6 saturated carbocycles. The van der Waals surface area contributed by atoms with Crippen LogP contribution in [-0.2, 0) is 0 Å². The molecule has 6 aliphatic rings. The molecular formula is C26H44. The van der Waals surface area contributed by atoms with Gasteiger partial charge in [-0.25, -0.2) is 0 Å². The minimum Gasteiger partial charge on any atom is -0.0649 e. The Morgan fingerprint density at radius 1 is 0.615 bits per heavy atom. The summed E-state index contributed by atoms with van der Waals surface area (Å²) in [5, 5.41) is 0. The first-order valence-corrected chi connectivity index (χ1v) is 12.5. The molecule has 6 rings (SSSR count). The highest BCUT2D eigenvalue weighted by Crippen LogP contribution is 2.67. The van der Waals surface area contributed by atoms with Crippen molar-refractivity contribution in [2.45, 2.75) is 105 Å². The van der Waals surface area contributed by atoms with Crippen molar-refractivity contribution in [1.82, 2.24) is 0 Å². The van der Waals surface area contributed by atoms with E-state index in [1.165, 1.54) is 24.7 Å². The molecule has 8 unspecified atom stereocenters. The molecule has 0 amide bonds. The fourth-order valence-electron chi connectivity index (χ4n) is 9.94. The molecule has 148 valence electrons. The van der Waals surface area contributed by atoms with E-state index < -0.39 is 0 Å². The quantitative estimate of drug-likeness (QED) is 0.475. The van der Waals surface area contributed by atoms with Gasteiger partial charge in [0.15, 0.2) is 0 Å². The first kappa shape index (κ1) is 18.1. The van der Waals surface area contributed by atoms with Crippen LogP contribution in [0.2, 0.25) is 0 Å². The van der Waals surface area contributed by atoms with Gasteiger partial charge in [-0.15, -0.1) is 0 Å². The molecule has 0 aliphatic heterocycles. The zero-order valence-electron chi connectivity index (χ0n) is 18.1. The van der Waals surface area contributed by atoms with Crippen LogP contribution >= 0.6 is 0 Å². The molecule has 0 N–H and O–H groups in total. The fourth-order valence-corrected chi connectivity index (χ4v) is 9.94. The second kappa shape index (κ2) is 6.25. The average Bonchev–Trinajstić information content (AvgIpc) is 3.40. The SMILES string of the molecule is CC[C@@]1(C)CC2CC1C1CCCC21.CC[C@@]1(C)CC2CC1C1CCCC21. The lowest BCUT2D eigenvalue weighted by Gasteiger charge is -2.39. The van der Waals surface area contributed by atoms with E-state index in [1.54, 1.807) is 64.2 Å². The van der Waals surface area contributed by atoms with Crippen LogP contribution in [0.3, 0.4) is 0 Å². The predicted molar refractivity (Wildman–Crippen MR) is 111 cm³/mol. The molecule has 6 fully saturated rings. The van der Waals surface area contributed by atoms with Gasteiger partial charge in [-0.2, -0.15) is 0 Å². The summed E-state index contributed by atoms with van der Waals surface area (Å²) in [4.78, 5) is 0. The Kier molecular flexibility index (Phi) is 4.34. The van der Waals surface area contributed by atoms with Gasteiger partial charge in [-0.3, -0.25) is 0 Å². The van der Waals surface area contributed by atoms with E-state index in [9.17, 15) is 0 Å². The van der Waals surface area contributed by atoms with Crippen LogP contribution in [0.25, 0.3) is 0 Å². The van der Waals surface area contributed by atoms with Crippen LogP contribution in [0.4, 0.5) is 0 Å². The Hall–Kier alpha value is 0. The van der Waals surface area contributed by atoms with E-state index >= 15 is 0 Å². The molecule has 4 bridgehead atoms. The summed E-state index contributed by atoms with van der Waals surface area (Å²) in [6, 6.07) is 0. The maximum absolute atomic E-state index is 2.56. The van der Waals surface area contributed by atoms with Crippen LogP contribution in [0.15, 0.2) is 0 Å². The normalized spacial score (nSPS) is 58.6. The van der Waals surface area contributed by atoms with Crippen LogP contribution < -0.4 is 0 Å². The molecule has 10 atom stereocenters. The standard InChI is InChI=1S/2C13H22/c2*1-3-13(2)8-9-7-12(13)11-6-4-5-10(9)11/h2*9-12H,3-8H2,1-2H3/t2*9?,10?,11?,12?,13-/m00/s1. The molecule has 0 nitrogen and oxygen atoms in total.